The van der Waals surface area contributed by atoms with Gasteiger partial charge in [0, 0.05) is 17.8 Å². The molecule has 2 nitrogen and oxygen atoms in total. The van der Waals surface area contributed by atoms with Crippen molar-refractivity contribution in [3.05, 3.63) is 35.4 Å². The first-order valence-electron chi connectivity index (χ1n) is 7.84. The third kappa shape index (κ3) is 3.21. The molecule has 110 valence electrons. The summed E-state index contributed by atoms with van der Waals surface area (Å²) in [6.45, 7) is 1.82. The molecule has 0 radical (unpaired) electrons. The van der Waals surface area contributed by atoms with E-state index < -0.39 is 0 Å². The molecule has 1 aromatic rings. The van der Waals surface area contributed by atoms with Gasteiger partial charge in [0.15, 0.2) is 0 Å². The number of hydrogen-bond acceptors (Lipinski definition) is 3. The molecule has 0 amide bonds. The predicted molar refractivity (Wildman–Crippen MR) is 86.4 cm³/mol. The quantitative estimate of drug-likeness (QED) is 0.916. The van der Waals surface area contributed by atoms with Gasteiger partial charge in [0.2, 0.25) is 0 Å². The highest BCUT2D eigenvalue weighted by Crippen LogP contribution is 2.29. The Bertz CT molecular complexity index is 437. The van der Waals surface area contributed by atoms with E-state index in [4.69, 9.17) is 4.74 Å². The molecule has 1 N–H and O–H groups in total. The van der Waals surface area contributed by atoms with Gasteiger partial charge < -0.3 is 10.1 Å². The van der Waals surface area contributed by atoms with E-state index in [2.05, 4.69) is 35.8 Å². The van der Waals surface area contributed by atoms with Gasteiger partial charge in [-0.3, -0.25) is 0 Å². The van der Waals surface area contributed by atoms with Crippen molar-refractivity contribution in [2.75, 3.05) is 19.4 Å². The van der Waals surface area contributed by atoms with Gasteiger partial charge in [-0.25, -0.2) is 0 Å². The van der Waals surface area contributed by atoms with E-state index in [1.165, 1.54) is 36.8 Å². The summed E-state index contributed by atoms with van der Waals surface area (Å²) in [6, 6.07) is 9.41. The predicted octanol–water partition coefficient (Wildman–Crippen LogP) is 3.56. The maximum Gasteiger partial charge on any atom is 0.0952 e. The van der Waals surface area contributed by atoms with Crippen LogP contribution in [-0.2, 0) is 11.2 Å². The van der Waals surface area contributed by atoms with Gasteiger partial charge in [-0.2, -0.15) is 11.8 Å². The fraction of sp³-hybridized carbons (Fsp3) is 0.647. The van der Waals surface area contributed by atoms with Crippen LogP contribution in [0.3, 0.4) is 0 Å². The van der Waals surface area contributed by atoms with Crippen LogP contribution in [0, 0.1) is 0 Å². The summed E-state index contributed by atoms with van der Waals surface area (Å²) in [5.41, 5.74) is 2.86. The third-order valence-corrected chi connectivity index (χ3v) is 5.83. The van der Waals surface area contributed by atoms with Crippen molar-refractivity contribution < 1.29 is 4.74 Å². The Morgan fingerprint density at radius 3 is 3.00 bits per heavy atom. The molecule has 1 heterocycles. The zero-order chi connectivity index (χ0) is 13.8. The molecule has 3 atom stereocenters. The van der Waals surface area contributed by atoms with Crippen molar-refractivity contribution in [2.24, 2.45) is 0 Å². The molecule has 1 saturated carbocycles. The molecular weight excluding hydrogens is 266 g/mol. The fourth-order valence-corrected chi connectivity index (χ4v) is 4.48. The Morgan fingerprint density at radius 1 is 1.25 bits per heavy atom. The van der Waals surface area contributed by atoms with Crippen molar-refractivity contribution in [1.82, 2.24) is 5.32 Å². The molecule has 3 heteroatoms. The maximum atomic E-state index is 6.00. The number of hydrogen-bond donors (Lipinski definition) is 1. The zero-order valence-corrected chi connectivity index (χ0v) is 13.1. The lowest BCUT2D eigenvalue weighted by Crippen LogP contribution is -2.43. The van der Waals surface area contributed by atoms with Gasteiger partial charge in [-0.1, -0.05) is 37.1 Å². The second-order valence-corrected chi connectivity index (χ2v) is 6.96. The molecule has 0 bridgehead atoms. The summed E-state index contributed by atoms with van der Waals surface area (Å²) in [5, 5.41) is 4.57. The van der Waals surface area contributed by atoms with Crippen molar-refractivity contribution in [2.45, 2.75) is 49.5 Å². The molecule has 1 aromatic carbocycles. The van der Waals surface area contributed by atoms with E-state index in [0.717, 1.165) is 24.8 Å². The lowest BCUT2D eigenvalue weighted by molar-refractivity contribution is 0.0399. The largest absolute Gasteiger partial charge is 0.372 e. The average molecular weight is 291 g/mol. The highest BCUT2D eigenvalue weighted by Gasteiger charge is 2.26. The SMILES string of the molecule is CSC1CCCCC1NCC1OCCc2ccccc21. The average Bonchev–Trinajstić information content (AvgIpc) is 2.53. The van der Waals surface area contributed by atoms with Crippen molar-refractivity contribution in [3.63, 3.8) is 0 Å². The van der Waals surface area contributed by atoms with Crippen LogP contribution in [0.25, 0.3) is 0 Å². The molecule has 1 fully saturated rings. The molecule has 1 aliphatic carbocycles. The summed E-state index contributed by atoms with van der Waals surface area (Å²) in [6.07, 6.45) is 8.99. The van der Waals surface area contributed by atoms with Crippen LogP contribution in [0.5, 0.6) is 0 Å². The van der Waals surface area contributed by atoms with Gasteiger partial charge in [-0.15, -0.1) is 0 Å². The second kappa shape index (κ2) is 6.97. The summed E-state index contributed by atoms with van der Waals surface area (Å²) in [5.74, 6) is 0. The first kappa shape index (κ1) is 14.4. The Labute approximate surface area is 126 Å². The van der Waals surface area contributed by atoms with Crippen LogP contribution in [0.1, 0.15) is 42.9 Å². The number of rotatable bonds is 4. The van der Waals surface area contributed by atoms with Crippen molar-refractivity contribution >= 4 is 11.8 Å². The topological polar surface area (TPSA) is 21.3 Å². The van der Waals surface area contributed by atoms with E-state index in [9.17, 15) is 0 Å². The minimum Gasteiger partial charge on any atom is -0.372 e. The number of fused-ring (bicyclic) bond motifs is 1. The Balaban J connectivity index is 1.61. The monoisotopic (exact) mass is 291 g/mol. The van der Waals surface area contributed by atoms with Crippen LogP contribution >= 0.6 is 11.8 Å². The molecule has 0 saturated heterocycles. The standard InChI is InChI=1S/C17H25NOS/c1-20-17-9-5-4-8-15(17)18-12-16-14-7-3-2-6-13(14)10-11-19-16/h2-3,6-7,15-18H,4-5,8-12H2,1H3. The summed E-state index contributed by atoms with van der Waals surface area (Å²) in [4.78, 5) is 0. The van der Waals surface area contributed by atoms with Crippen molar-refractivity contribution in [1.29, 1.82) is 0 Å². The van der Waals surface area contributed by atoms with E-state index in [0.29, 0.717) is 6.04 Å². The van der Waals surface area contributed by atoms with Crippen LogP contribution in [0.2, 0.25) is 0 Å². The molecule has 0 spiro atoms. The zero-order valence-electron chi connectivity index (χ0n) is 12.3. The molecule has 20 heavy (non-hydrogen) atoms. The first-order chi connectivity index (χ1) is 9.88. The van der Waals surface area contributed by atoms with Crippen LogP contribution < -0.4 is 5.32 Å². The highest BCUT2D eigenvalue weighted by molar-refractivity contribution is 7.99. The molecule has 3 unspecified atom stereocenters. The van der Waals surface area contributed by atoms with Gasteiger partial charge in [-0.05, 0) is 36.6 Å². The van der Waals surface area contributed by atoms with Gasteiger partial charge in [0.25, 0.3) is 0 Å². The van der Waals surface area contributed by atoms with E-state index in [1.54, 1.807) is 0 Å². The lowest BCUT2D eigenvalue weighted by Gasteiger charge is -2.33. The molecule has 0 aromatic heterocycles. The number of thioether (sulfide) groups is 1. The Morgan fingerprint density at radius 2 is 2.10 bits per heavy atom. The lowest BCUT2D eigenvalue weighted by atomic mass is 9.93. The van der Waals surface area contributed by atoms with Gasteiger partial charge in [0.05, 0.1) is 12.7 Å². The molecule has 3 rings (SSSR count). The number of benzene rings is 1. The van der Waals surface area contributed by atoms with E-state index in [-0.39, 0.29) is 6.10 Å². The Hall–Kier alpha value is -0.510. The van der Waals surface area contributed by atoms with Gasteiger partial charge >= 0.3 is 0 Å². The first-order valence-corrected chi connectivity index (χ1v) is 9.13. The van der Waals surface area contributed by atoms with Crippen LogP contribution in [-0.4, -0.2) is 30.7 Å². The number of nitrogens with one attached hydrogen (secondary N) is 1. The second-order valence-electron chi connectivity index (χ2n) is 5.88. The molecule has 1 aliphatic heterocycles. The van der Waals surface area contributed by atoms with Gasteiger partial charge in [0.1, 0.15) is 0 Å². The highest BCUT2D eigenvalue weighted by atomic mass is 32.2. The van der Waals surface area contributed by atoms with E-state index in [1.807, 2.05) is 11.8 Å². The summed E-state index contributed by atoms with van der Waals surface area (Å²) >= 11 is 2.02. The summed E-state index contributed by atoms with van der Waals surface area (Å²) < 4.78 is 6.00. The van der Waals surface area contributed by atoms with Crippen molar-refractivity contribution in [3.8, 4) is 0 Å². The minimum absolute atomic E-state index is 0.240. The molecule has 2 aliphatic rings. The van der Waals surface area contributed by atoms with Crippen LogP contribution in [0.4, 0.5) is 0 Å². The minimum atomic E-state index is 0.240. The maximum absolute atomic E-state index is 6.00. The number of ether oxygens (including phenoxy) is 1. The smallest absolute Gasteiger partial charge is 0.0952 e. The Kier molecular flexibility index (Phi) is 5.03. The molecular formula is C17H25NOS. The third-order valence-electron chi connectivity index (χ3n) is 4.66. The van der Waals surface area contributed by atoms with Crippen LogP contribution in [0.15, 0.2) is 24.3 Å². The fourth-order valence-electron chi connectivity index (χ4n) is 3.52. The van der Waals surface area contributed by atoms with E-state index >= 15 is 0 Å². The summed E-state index contributed by atoms with van der Waals surface area (Å²) in [7, 11) is 0. The normalized spacial score (nSPS) is 29.9.